The number of unbranched alkanes of at least 4 members (excludes halogenated alkanes) is 14. The van der Waals surface area contributed by atoms with Crippen molar-refractivity contribution < 1.29 is 23.4 Å². The van der Waals surface area contributed by atoms with Crippen LogP contribution in [0.5, 0.6) is 0 Å². The zero-order valence-corrected chi connectivity index (χ0v) is 24.3. The van der Waals surface area contributed by atoms with Crippen LogP contribution in [0.2, 0.25) is 6.04 Å². The molecule has 0 unspecified atom stereocenters. The topological polar surface area (TPSA) is 60.7 Å². The fraction of sp³-hybridized carbons (Fsp3) is 1.00. The molecule has 5 nitrogen and oxygen atoms in total. The maximum atomic E-state index is 9.16. The lowest BCUT2D eigenvalue weighted by Crippen LogP contribution is -2.44. The Labute approximate surface area is 208 Å². The molecule has 0 fully saturated rings. The molecule has 0 aromatic rings. The first-order chi connectivity index (χ1) is 15.5. The van der Waals surface area contributed by atoms with Crippen LogP contribution in [0.3, 0.4) is 0 Å². The second-order valence-electron chi connectivity index (χ2n) is 11.9. The van der Waals surface area contributed by atoms with E-state index in [0.717, 1.165) is 22.1 Å². The summed E-state index contributed by atoms with van der Waals surface area (Å²) in [5.41, 5.74) is 0. The summed E-state index contributed by atoms with van der Waals surface area (Å²) >= 11 is 0. The fourth-order valence-electron chi connectivity index (χ4n) is 4.78. The van der Waals surface area contributed by atoms with Gasteiger partial charge in [0.05, 0.1) is 54.4 Å². The Morgan fingerprint density at radius 3 is 1.03 bits per heavy atom. The van der Waals surface area contributed by atoms with E-state index in [-0.39, 0.29) is 6.04 Å². The van der Waals surface area contributed by atoms with Gasteiger partial charge in [0, 0.05) is 25.3 Å². The molecule has 0 aromatic heterocycles. The highest BCUT2D eigenvalue weighted by Crippen LogP contribution is 2.14. The summed E-state index contributed by atoms with van der Waals surface area (Å²) < 4.78 is 2.01. The lowest BCUT2D eigenvalue weighted by atomic mass is 10.0. The average molecular weight is 491 g/mol. The third-order valence-corrected chi connectivity index (χ3v) is 8.19. The van der Waals surface area contributed by atoms with E-state index >= 15 is 0 Å². The molecule has 6 heteroatoms. The summed E-state index contributed by atoms with van der Waals surface area (Å²) in [5.74, 6) is 0. The van der Waals surface area contributed by atoms with E-state index in [1.165, 1.54) is 116 Å². The molecule has 200 valence electrons. The van der Waals surface area contributed by atoms with Crippen LogP contribution in [0, 0.1) is 0 Å². The van der Waals surface area contributed by atoms with Gasteiger partial charge >= 0.3 is 8.80 Å². The maximum absolute atomic E-state index is 9.16. The zero-order chi connectivity index (χ0) is 25.1. The molecule has 0 aliphatic carbocycles. The molecular weight excluding hydrogens is 428 g/mol. The van der Waals surface area contributed by atoms with Crippen molar-refractivity contribution in [3.8, 4) is 0 Å². The van der Waals surface area contributed by atoms with Gasteiger partial charge in [-0.25, -0.2) is 0 Å². The van der Waals surface area contributed by atoms with Gasteiger partial charge in [0.15, 0.2) is 0 Å². The molecule has 3 N–H and O–H groups in total. The predicted octanol–water partition coefficient (Wildman–Crippen LogP) is 5.71. The Bertz CT molecular complexity index is 440. The lowest BCUT2D eigenvalue weighted by Gasteiger charge is -2.32. The molecule has 0 amide bonds. The Balaban J connectivity index is 3.56. The van der Waals surface area contributed by atoms with Crippen LogP contribution in [0.15, 0.2) is 0 Å². The Kier molecular flexibility index (Phi) is 19.2. The number of rotatable bonds is 24. The minimum absolute atomic E-state index is 0.151. The van der Waals surface area contributed by atoms with Gasteiger partial charge in [-0.1, -0.05) is 84.0 Å². The highest BCUT2D eigenvalue weighted by molar-refractivity contribution is 6.56. The molecule has 0 bridgehead atoms. The summed E-state index contributed by atoms with van der Waals surface area (Å²) in [6, 6.07) is 0.151. The largest absolute Gasteiger partial charge is 0.492 e. The first-order valence-electron chi connectivity index (χ1n) is 14.3. The molecule has 0 radical (unpaired) electrons. The summed E-state index contributed by atoms with van der Waals surface area (Å²) in [6.45, 7) is 6.80. The first kappa shape index (κ1) is 33.0. The highest BCUT2D eigenvalue weighted by Gasteiger charge is 2.27. The Hall–Kier alpha value is 0.0169. The van der Waals surface area contributed by atoms with E-state index in [2.05, 4.69) is 35.1 Å². The SMILES string of the molecule is CCCCCCCCCCCCCCCC[N+](C)(C)CCCC[N+](C)(C)CCC[Si](O)(O)O. The molecule has 0 aliphatic heterocycles. The predicted molar refractivity (Wildman–Crippen MR) is 145 cm³/mol. The summed E-state index contributed by atoms with van der Waals surface area (Å²) in [5, 5.41) is 0. The van der Waals surface area contributed by atoms with Crippen molar-refractivity contribution in [2.45, 2.75) is 122 Å². The molecule has 0 aliphatic rings. The van der Waals surface area contributed by atoms with Crippen LogP contribution in [0.4, 0.5) is 0 Å². The quantitative estimate of drug-likeness (QED) is 0.0923. The van der Waals surface area contributed by atoms with Gasteiger partial charge in [-0.15, -0.1) is 0 Å². The van der Waals surface area contributed by atoms with Crippen LogP contribution in [-0.2, 0) is 0 Å². The lowest BCUT2D eigenvalue weighted by molar-refractivity contribution is -0.897. The third kappa shape index (κ3) is 24.9. The maximum Gasteiger partial charge on any atom is 0.492 e. The number of hydrogen-bond acceptors (Lipinski definition) is 3. The van der Waals surface area contributed by atoms with E-state index in [1.807, 2.05) is 0 Å². The Morgan fingerprint density at radius 1 is 0.424 bits per heavy atom. The van der Waals surface area contributed by atoms with Gasteiger partial charge in [0.1, 0.15) is 0 Å². The Morgan fingerprint density at radius 2 is 0.697 bits per heavy atom. The molecule has 0 aromatic carbocycles. The van der Waals surface area contributed by atoms with Crippen molar-refractivity contribution >= 4 is 8.80 Å². The van der Waals surface area contributed by atoms with Crippen LogP contribution < -0.4 is 0 Å². The van der Waals surface area contributed by atoms with E-state index < -0.39 is 8.80 Å². The first-order valence-corrected chi connectivity index (χ1v) is 16.3. The molecule has 0 atom stereocenters. The van der Waals surface area contributed by atoms with E-state index in [1.54, 1.807) is 0 Å². The number of nitrogens with zero attached hydrogens (tertiary/aromatic N) is 2. The van der Waals surface area contributed by atoms with Crippen molar-refractivity contribution in [1.82, 2.24) is 0 Å². The van der Waals surface area contributed by atoms with Crippen molar-refractivity contribution in [3.05, 3.63) is 0 Å². The van der Waals surface area contributed by atoms with Crippen molar-refractivity contribution in [2.24, 2.45) is 0 Å². The van der Waals surface area contributed by atoms with E-state index in [0.29, 0.717) is 6.42 Å². The highest BCUT2D eigenvalue weighted by atomic mass is 28.4. The molecule has 0 saturated heterocycles. The van der Waals surface area contributed by atoms with Crippen LogP contribution >= 0.6 is 0 Å². The van der Waals surface area contributed by atoms with Crippen molar-refractivity contribution in [3.63, 3.8) is 0 Å². The molecule has 33 heavy (non-hydrogen) atoms. The van der Waals surface area contributed by atoms with Crippen LogP contribution in [-0.4, -0.2) is 86.5 Å². The fourth-order valence-corrected chi connectivity index (χ4v) is 5.41. The molecular formula is C27H62N2O3Si+2. The van der Waals surface area contributed by atoms with E-state index in [4.69, 9.17) is 14.4 Å². The van der Waals surface area contributed by atoms with Gasteiger partial charge in [0.25, 0.3) is 0 Å². The van der Waals surface area contributed by atoms with E-state index in [9.17, 15) is 0 Å². The minimum Gasteiger partial charge on any atom is -0.390 e. The standard InChI is InChI=1S/C27H62N2O3Si/c1-6-7-8-9-10-11-12-13-14-15-16-17-18-19-23-28(2,3)24-20-21-25-29(4,5)26-22-27-33(30,31)32/h30-32H,6-27H2,1-5H3/q+2. The molecule has 0 rings (SSSR count). The summed E-state index contributed by atoms with van der Waals surface area (Å²) in [4.78, 5) is 27.5. The molecule has 0 heterocycles. The molecule has 0 spiro atoms. The van der Waals surface area contributed by atoms with Gasteiger partial charge in [-0.2, -0.15) is 0 Å². The summed E-state index contributed by atoms with van der Waals surface area (Å²) in [6.07, 6.45) is 23.0. The minimum atomic E-state index is -3.87. The van der Waals surface area contributed by atoms with Crippen LogP contribution in [0.25, 0.3) is 0 Å². The third-order valence-electron chi connectivity index (χ3n) is 7.17. The number of hydrogen-bond donors (Lipinski definition) is 3. The van der Waals surface area contributed by atoms with Crippen molar-refractivity contribution in [1.29, 1.82) is 0 Å². The number of quaternary nitrogens is 2. The van der Waals surface area contributed by atoms with Gasteiger partial charge in [-0.3, -0.25) is 0 Å². The van der Waals surface area contributed by atoms with Gasteiger partial charge in [-0.05, 0) is 12.8 Å². The monoisotopic (exact) mass is 490 g/mol. The zero-order valence-electron chi connectivity index (χ0n) is 23.3. The second kappa shape index (κ2) is 19.2. The molecule has 0 saturated carbocycles. The second-order valence-corrected chi connectivity index (χ2v) is 14.0. The average Bonchev–Trinajstić information content (AvgIpc) is 2.70. The van der Waals surface area contributed by atoms with Gasteiger partial charge < -0.3 is 23.4 Å². The normalized spacial score (nSPS) is 13.1. The van der Waals surface area contributed by atoms with Gasteiger partial charge in [0.2, 0.25) is 0 Å². The van der Waals surface area contributed by atoms with Crippen molar-refractivity contribution in [2.75, 3.05) is 54.4 Å². The smallest absolute Gasteiger partial charge is 0.390 e. The van der Waals surface area contributed by atoms with Crippen LogP contribution in [0.1, 0.15) is 116 Å². The summed E-state index contributed by atoms with van der Waals surface area (Å²) in [7, 11) is 5.27.